The van der Waals surface area contributed by atoms with E-state index in [-0.39, 0.29) is 7.43 Å². The molecule has 0 fully saturated rings. The first kappa shape index (κ1) is 20.1. The average Bonchev–Trinajstić information content (AvgIpc) is 2.79. The summed E-state index contributed by atoms with van der Waals surface area (Å²) in [5.74, 6) is 0. The highest BCUT2D eigenvalue weighted by atomic mass is 32.1. The fourth-order valence-electron chi connectivity index (χ4n) is 0.340. The molecule has 1 aromatic rings. The molecule has 1 aromatic heterocycles. The fraction of sp³-hybridized carbons (Fsp3) is 0.818. The van der Waals surface area contributed by atoms with Crippen LogP contribution < -0.4 is 0 Å². The van der Waals surface area contributed by atoms with E-state index in [2.05, 4.69) is 45.1 Å². The van der Waals surface area contributed by atoms with Gasteiger partial charge in [-0.3, -0.25) is 0 Å². The standard InChI is InChI=1S/C6H14B.C2H2N2S.C2H6.CH4/c1-5-6(2,3)7-4;1-3-4-2-5-1;1-2;/h5H2,1-4H3;1-2H;1-2H3;1H4. The largest absolute Gasteiger partial charge is 0.147 e. The molecule has 0 aromatic carbocycles. The van der Waals surface area contributed by atoms with E-state index in [1.54, 1.807) is 11.0 Å². The van der Waals surface area contributed by atoms with Crippen molar-refractivity contribution in [1.82, 2.24) is 10.2 Å². The fourth-order valence-corrected chi connectivity index (χ4v) is 0.612. The van der Waals surface area contributed by atoms with Gasteiger partial charge in [0.05, 0.1) is 0 Å². The molecule has 0 saturated carbocycles. The molecule has 1 rings (SSSR count). The van der Waals surface area contributed by atoms with E-state index in [4.69, 9.17) is 0 Å². The van der Waals surface area contributed by atoms with Crippen LogP contribution in [0.25, 0.3) is 0 Å². The van der Waals surface area contributed by atoms with Crippen LogP contribution in [0.1, 0.15) is 48.5 Å². The molecule has 2 nitrogen and oxygen atoms in total. The molecule has 15 heavy (non-hydrogen) atoms. The van der Waals surface area contributed by atoms with Crippen LogP contribution in [0.5, 0.6) is 0 Å². The van der Waals surface area contributed by atoms with E-state index in [1.807, 2.05) is 13.8 Å². The van der Waals surface area contributed by atoms with Crippen molar-refractivity contribution >= 4 is 18.6 Å². The van der Waals surface area contributed by atoms with Gasteiger partial charge in [0.1, 0.15) is 18.3 Å². The van der Waals surface area contributed by atoms with Crippen LogP contribution in [0.2, 0.25) is 12.1 Å². The molecule has 0 unspecified atom stereocenters. The third kappa shape index (κ3) is 16.3. The van der Waals surface area contributed by atoms with Gasteiger partial charge >= 0.3 is 0 Å². The summed E-state index contributed by atoms with van der Waals surface area (Å²) in [7, 11) is 2.24. The molecule has 89 valence electrons. The quantitative estimate of drug-likeness (QED) is 0.695. The molecule has 0 saturated heterocycles. The van der Waals surface area contributed by atoms with Gasteiger partial charge < -0.3 is 0 Å². The third-order valence-electron chi connectivity index (χ3n) is 1.98. The molecule has 1 radical (unpaired) electrons. The van der Waals surface area contributed by atoms with Gasteiger partial charge in [0.25, 0.3) is 0 Å². The van der Waals surface area contributed by atoms with Gasteiger partial charge in [-0.1, -0.05) is 60.6 Å². The lowest BCUT2D eigenvalue weighted by Gasteiger charge is -2.17. The molecule has 1 heterocycles. The maximum Gasteiger partial charge on any atom is 0.113 e. The van der Waals surface area contributed by atoms with Crippen molar-refractivity contribution in [2.45, 2.75) is 60.6 Å². The number of rotatable bonds is 2. The number of nitrogens with zero attached hydrogens (tertiary/aromatic N) is 2. The Kier molecular flexibility index (Phi) is 18.2. The third-order valence-corrected chi connectivity index (χ3v) is 2.41. The van der Waals surface area contributed by atoms with E-state index in [0.717, 1.165) is 0 Å². The van der Waals surface area contributed by atoms with Gasteiger partial charge in [0.15, 0.2) is 0 Å². The van der Waals surface area contributed by atoms with E-state index in [1.165, 1.54) is 17.8 Å². The first-order valence-corrected chi connectivity index (χ1v) is 6.06. The van der Waals surface area contributed by atoms with Crippen molar-refractivity contribution in [3.05, 3.63) is 11.0 Å². The van der Waals surface area contributed by atoms with Gasteiger partial charge in [0.2, 0.25) is 0 Å². The smallest absolute Gasteiger partial charge is 0.113 e. The van der Waals surface area contributed by atoms with Crippen LogP contribution in [0.15, 0.2) is 11.0 Å². The summed E-state index contributed by atoms with van der Waals surface area (Å²) in [5.41, 5.74) is 3.36. The Bertz CT molecular complexity index is 154. The Morgan fingerprint density at radius 3 is 1.67 bits per heavy atom. The van der Waals surface area contributed by atoms with Crippen molar-refractivity contribution in [3.8, 4) is 0 Å². The minimum atomic E-state index is 0. The normalized spacial score (nSPS) is 8.40. The maximum atomic E-state index is 3.49. The second-order valence-corrected chi connectivity index (χ2v) is 3.90. The van der Waals surface area contributed by atoms with Crippen molar-refractivity contribution in [1.29, 1.82) is 0 Å². The summed E-state index contributed by atoms with van der Waals surface area (Å²) in [4.78, 5) is 0. The zero-order chi connectivity index (χ0) is 11.4. The molecular weight excluding hydrogens is 203 g/mol. The number of hydrogen-bond acceptors (Lipinski definition) is 3. The second-order valence-electron chi connectivity index (χ2n) is 3.21. The van der Waals surface area contributed by atoms with Crippen molar-refractivity contribution < 1.29 is 0 Å². The minimum Gasteiger partial charge on any atom is -0.147 e. The Morgan fingerprint density at radius 2 is 1.60 bits per heavy atom. The summed E-state index contributed by atoms with van der Waals surface area (Å²) in [6, 6.07) is 0. The van der Waals surface area contributed by atoms with E-state index in [9.17, 15) is 0 Å². The van der Waals surface area contributed by atoms with Gasteiger partial charge in [-0.15, -0.1) is 21.5 Å². The van der Waals surface area contributed by atoms with Gasteiger partial charge in [-0.05, 0) is 0 Å². The van der Waals surface area contributed by atoms with Crippen LogP contribution in [0, 0.1) is 0 Å². The predicted octanol–water partition coefficient (Wildman–Crippen LogP) is 4.55. The van der Waals surface area contributed by atoms with Crippen LogP contribution in [0.4, 0.5) is 0 Å². The lowest BCUT2D eigenvalue weighted by atomic mass is 9.55. The number of hydrogen-bond donors (Lipinski definition) is 0. The van der Waals surface area contributed by atoms with Gasteiger partial charge in [0, 0.05) is 0 Å². The van der Waals surface area contributed by atoms with Crippen LogP contribution >= 0.6 is 11.3 Å². The highest BCUT2D eigenvalue weighted by Crippen LogP contribution is 2.25. The highest BCUT2D eigenvalue weighted by molar-refractivity contribution is 7.07. The van der Waals surface area contributed by atoms with E-state index >= 15 is 0 Å². The molecule has 0 aliphatic rings. The lowest BCUT2D eigenvalue weighted by Crippen LogP contribution is -2.06. The first-order valence-electron chi connectivity index (χ1n) is 5.11. The SMILES string of the molecule is C.CC.C[B]C(C)(C)CC.c1nncs1. The Morgan fingerprint density at radius 1 is 1.20 bits per heavy atom. The topological polar surface area (TPSA) is 25.8 Å². The minimum absolute atomic E-state index is 0. The number of aromatic nitrogens is 2. The highest BCUT2D eigenvalue weighted by Gasteiger charge is 2.10. The monoisotopic (exact) mass is 229 g/mol. The average molecular weight is 229 g/mol. The molecule has 0 amide bonds. The van der Waals surface area contributed by atoms with Gasteiger partial charge in [-0.2, -0.15) is 0 Å². The zero-order valence-corrected chi connectivity index (χ0v) is 11.1. The molecule has 0 aliphatic heterocycles. The second kappa shape index (κ2) is 13.6. The summed E-state index contributed by atoms with van der Waals surface area (Å²) in [6.07, 6.45) is 1.24. The van der Waals surface area contributed by atoms with Crippen molar-refractivity contribution in [3.63, 3.8) is 0 Å². The Balaban J connectivity index is -0.000000159. The van der Waals surface area contributed by atoms with Crippen LogP contribution in [-0.4, -0.2) is 17.5 Å². The zero-order valence-electron chi connectivity index (χ0n) is 10.2. The predicted molar refractivity (Wildman–Crippen MR) is 73.9 cm³/mol. The first-order chi connectivity index (χ1) is 6.62. The maximum absolute atomic E-state index is 3.49. The Hall–Kier alpha value is -0.375. The van der Waals surface area contributed by atoms with Crippen LogP contribution in [0.3, 0.4) is 0 Å². The molecule has 0 atom stereocenters. The van der Waals surface area contributed by atoms with E-state index < -0.39 is 0 Å². The van der Waals surface area contributed by atoms with Crippen molar-refractivity contribution in [2.75, 3.05) is 0 Å². The summed E-state index contributed by atoms with van der Waals surface area (Å²) >= 11 is 1.49. The van der Waals surface area contributed by atoms with Gasteiger partial charge in [-0.25, -0.2) is 0 Å². The van der Waals surface area contributed by atoms with Crippen LogP contribution in [-0.2, 0) is 0 Å². The summed E-state index contributed by atoms with van der Waals surface area (Å²) in [5, 5.41) is 7.44. The summed E-state index contributed by atoms with van der Waals surface area (Å²) in [6.45, 7) is 12.8. The molecule has 0 spiro atoms. The Labute approximate surface area is 101 Å². The molecular formula is C11H26BN2S. The molecule has 4 heteroatoms. The lowest BCUT2D eigenvalue weighted by molar-refractivity contribution is 0.645. The molecule has 0 aliphatic carbocycles. The molecule has 0 bridgehead atoms. The molecule has 0 N–H and O–H groups in total. The summed E-state index contributed by atoms with van der Waals surface area (Å²) < 4.78 is 0. The van der Waals surface area contributed by atoms with E-state index in [0.29, 0.717) is 5.31 Å². The van der Waals surface area contributed by atoms with Crippen molar-refractivity contribution in [2.24, 2.45) is 0 Å².